The molecule has 5 N–H and O–H groups in total. The van der Waals surface area contributed by atoms with Crippen molar-refractivity contribution >= 4 is 32.5 Å². The monoisotopic (exact) mass is 456 g/mol. The molecule has 0 aromatic carbocycles. The van der Waals surface area contributed by atoms with Gasteiger partial charge >= 0.3 is 81.5 Å². The van der Waals surface area contributed by atoms with Gasteiger partial charge in [0, 0.05) is 0 Å². The third-order valence-corrected chi connectivity index (χ3v) is 3.63. The first-order valence-electron chi connectivity index (χ1n) is 6.99. The number of unbranched alkanes of at least 4 members (excludes halogenated alkanes) is 1. The molecule has 0 saturated carbocycles. The SMILES string of the molecule is O=C(O)CC(C(=O)O)S(=O)(=O)O.O=S(=O)(O)O.[CH2-]C(CC)CCCC.[H-].[Na+].[Na+]. The van der Waals surface area contributed by atoms with E-state index in [1.54, 1.807) is 0 Å². The zero-order valence-corrected chi connectivity index (χ0v) is 21.5. The third-order valence-electron chi connectivity index (χ3n) is 2.54. The summed E-state index contributed by atoms with van der Waals surface area (Å²) in [5, 5.41) is 13.9. The molecule has 0 fully saturated rings. The van der Waals surface area contributed by atoms with Crippen molar-refractivity contribution < 1.29 is 111 Å². The molecular weight excluding hydrogens is 430 g/mol. The number of hydrogen-bond donors (Lipinski definition) is 5. The van der Waals surface area contributed by atoms with E-state index >= 15 is 0 Å². The second kappa shape index (κ2) is 20.0. The van der Waals surface area contributed by atoms with Gasteiger partial charge in [-0.2, -0.15) is 22.8 Å². The Morgan fingerprint density at radius 2 is 1.37 bits per heavy atom. The van der Waals surface area contributed by atoms with Crippen molar-refractivity contribution in [3.63, 3.8) is 0 Å². The average Bonchev–Trinajstić information content (AvgIpc) is 2.39. The maximum atomic E-state index is 10.2. The predicted octanol–water partition coefficient (Wildman–Crippen LogP) is -4.69. The zero-order chi connectivity index (χ0) is 20.8. The van der Waals surface area contributed by atoms with Crippen molar-refractivity contribution in [1.29, 1.82) is 0 Å². The summed E-state index contributed by atoms with van der Waals surface area (Å²) in [5.41, 5.74) is 0. The van der Waals surface area contributed by atoms with Gasteiger partial charge in [-0.1, -0.05) is 39.5 Å². The number of carboxylic acids is 2. The van der Waals surface area contributed by atoms with Gasteiger partial charge < -0.3 is 18.6 Å². The molecule has 0 saturated heterocycles. The van der Waals surface area contributed by atoms with Gasteiger partial charge in [-0.15, -0.1) is 0 Å². The largest absolute Gasteiger partial charge is 1.00 e. The van der Waals surface area contributed by atoms with Crippen molar-refractivity contribution in [2.45, 2.75) is 51.2 Å². The van der Waals surface area contributed by atoms with E-state index in [0.29, 0.717) is 5.92 Å². The smallest absolute Gasteiger partial charge is 1.00 e. The summed E-state index contributed by atoms with van der Waals surface area (Å²) in [4.78, 5) is 20.0. The van der Waals surface area contributed by atoms with Crippen molar-refractivity contribution in [2.75, 3.05) is 0 Å². The van der Waals surface area contributed by atoms with Crippen LogP contribution in [-0.4, -0.2) is 57.9 Å². The van der Waals surface area contributed by atoms with Crippen molar-refractivity contribution in [2.24, 2.45) is 5.92 Å². The molecule has 0 rings (SSSR count). The summed E-state index contributed by atoms with van der Waals surface area (Å²) in [7, 11) is -9.51. The Morgan fingerprint density at radius 3 is 1.52 bits per heavy atom. The molecule has 0 radical (unpaired) electrons. The molecule has 15 heteroatoms. The molecule has 0 aliphatic rings. The van der Waals surface area contributed by atoms with Crippen LogP contribution in [0.4, 0.5) is 0 Å². The van der Waals surface area contributed by atoms with Crippen LogP contribution in [0.1, 0.15) is 47.4 Å². The summed E-state index contributed by atoms with van der Waals surface area (Å²) in [6.45, 7) is 8.42. The Kier molecular flexibility index (Phi) is 28.4. The summed E-state index contributed by atoms with van der Waals surface area (Å²) in [6, 6.07) is 0. The fourth-order valence-electron chi connectivity index (χ4n) is 1.18. The Labute approximate surface area is 205 Å². The minimum absolute atomic E-state index is 0. The molecule has 2 atom stereocenters. The fraction of sp³-hybridized carbons (Fsp3) is 0.750. The van der Waals surface area contributed by atoms with Gasteiger partial charge in [0.25, 0.3) is 10.1 Å². The van der Waals surface area contributed by atoms with E-state index in [1.165, 1.54) is 25.7 Å². The number of hydrogen-bond acceptors (Lipinski definition) is 6. The second-order valence-corrected chi connectivity index (χ2v) is 7.30. The topological polar surface area (TPSA) is 204 Å². The van der Waals surface area contributed by atoms with Crippen molar-refractivity contribution in [3.8, 4) is 0 Å². The Balaban J connectivity index is -0.0000000666. The summed E-state index contributed by atoms with van der Waals surface area (Å²) in [5.74, 6) is -2.80. The first-order valence-corrected chi connectivity index (χ1v) is 9.90. The van der Waals surface area contributed by atoms with Crippen LogP contribution in [0.5, 0.6) is 0 Å². The van der Waals surface area contributed by atoms with Crippen molar-refractivity contribution in [1.82, 2.24) is 0 Å². The summed E-state index contributed by atoms with van der Waals surface area (Å²) >= 11 is 0. The maximum absolute atomic E-state index is 10.2. The molecule has 2 unspecified atom stereocenters. The molecule has 0 bridgehead atoms. The first-order chi connectivity index (χ1) is 11.1. The van der Waals surface area contributed by atoms with Crippen LogP contribution in [-0.2, 0) is 30.1 Å². The average molecular weight is 456 g/mol. The van der Waals surface area contributed by atoms with Crippen LogP contribution < -0.4 is 59.1 Å². The van der Waals surface area contributed by atoms with Gasteiger partial charge in [0.15, 0.2) is 5.25 Å². The minimum atomic E-state index is -4.84. The predicted molar refractivity (Wildman–Crippen MR) is 89.2 cm³/mol. The molecule has 27 heavy (non-hydrogen) atoms. The first kappa shape index (κ1) is 38.3. The Morgan fingerprint density at radius 1 is 1.00 bits per heavy atom. The van der Waals surface area contributed by atoms with Crippen LogP contribution in [0.25, 0.3) is 0 Å². The van der Waals surface area contributed by atoms with E-state index in [4.69, 9.17) is 32.3 Å². The van der Waals surface area contributed by atoms with Gasteiger partial charge in [0.05, 0.1) is 6.42 Å². The van der Waals surface area contributed by atoms with Crippen LogP contribution in [0.3, 0.4) is 0 Å². The molecule has 0 aromatic heterocycles. The molecule has 0 spiro atoms. The Hall–Kier alpha value is 0.720. The quantitative estimate of drug-likeness (QED) is 0.133. The summed E-state index contributed by atoms with van der Waals surface area (Å²) in [6.07, 6.45) is 4.05. The zero-order valence-electron chi connectivity index (χ0n) is 16.9. The minimum Gasteiger partial charge on any atom is -1.00 e. The van der Waals surface area contributed by atoms with E-state index in [0.717, 1.165) is 0 Å². The molecular formula is C12H26Na2O11S2. The molecule has 0 amide bonds. The van der Waals surface area contributed by atoms with Gasteiger partial charge in [-0.05, 0) is 0 Å². The molecule has 0 heterocycles. The van der Waals surface area contributed by atoms with Gasteiger partial charge in [-0.3, -0.25) is 23.2 Å². The van der Waals surface area contributed by atoms with Crippen LogP contribution in [0.15, 0.2) is 0 Å². The standard InChI is InChI=1S/C8H17.C4H6O7S.2Na.H2O4S.H/c1-4-6-7-8(3)5-2;5-3(6)1-2(4(7)8)12(9,10)11;;;1-5(2,3)4;/h8H,3-7H2,1-2H3;2H,1H2,(H,5,6)(H,7,8)(H,9,10,11);;;(H2,1,2,3,4);/q-1;;2*+1;;-1. The van der Waals surface area contributed by atoms with Crippen LogP contribution in [0, 0.1) is 12.8 Å². The maximum Gasteiger partial charge on any atom is 1.00 e. The number of aliphatic carboxylic acids is 2. The molecule has 11 nitrogen and oxygen atoms in total. The molecule has 0 aromatic rings. The van der Waals surface area contributed by atoms with Crippen LogP contribution >= 0.6 is 0 Å². The van der Waals surface area contributed by atoms with Gasteiger partial charge in [0.1, 0.15) is 0 Å². The normalized spacial score (nSPS) is 12.4. The van der Waals surface area contributed by atoms with Crippen LogP contribution in [0.2, 0.25) is 0 Å². The fourth-order valence-corrected chi connectivity index (χ4v) is 1.78. The van der Waals surface area contributed by atoms with E-state index in [9.17, 15) is 18.0 Å². The third kappa shape index (κ3) is 38.0. The van der Waals surface area contributed by atoms with Gasteiger partial charge in [-0.25, -0.2) is 0 Å². The summed E-state index contributed by atoms with van der Waals surface area (Å²) < 4.78 is 60.2. The van der Waals surface area contributed by atoms with E-state index in [-0.39, 0.29) is 60.5 Å². The molecule has 154 valence electrons. The van der Waals surface area contributed by atoms with E-state index in [1.807, 2.05) is 0 Å². The Bertz CT molecular complexity index is 589. The van der Waals surface area contributed by atoms with E-state index in [2.05, 4.69) is 20.8 Å². The number of rotatable bonds is 8. The van der Waals surface area contributed by atoms with Crippen molar-refractivity contribution in [3.05, 3.63) is 6.92 Å². The van der Waals surface area contributed by atoms with E-state index < -0.39 is 44.1 Å². The number of carboxylic acid groups (broad SMARTS) is 2. The second-order valence-electron chi connectivity index (χ2n) is 4.80. The number of carbonyl (C=O) groups is 2. The molecule has 0 aliphatic carbocycles. The molecule has 0 aliphatic heterocycles. The van der Waals surface area contributed by atoms with Gasteiger partial charge in [0.2, 0.25) is 0 Å².